The van der Waals surface area contributed by atoms with Crippen molar-refractivity contribution in [2.45, 2.75) is 19.0 Å². The summed E-state index contributed by atoms with van der Waals surface area (Å²) in [5.41, 5.74) is 1.19. The third-order valence-electron chi connectivity index (χ3n) is 4.15. The van der Waals surface area contributed by atoms with Crippen LogP contribution in [0.2, 0.25) is 0 Å². The summed E-state index contributed by atoms with van der Waals surface area (Å²) in [7, 11) is 0. The van der Waals surface area contributed by atoms with E-state index < -0.39 is 0 Å². The summed E-state index contributed by atoms with van der Waals surface area (Å²) >= 11 is 0. The molecule has 19 heavy (non-hydrogen) atoms. The number of nitrogens with zero attached hydrogens (tertiary/aromatic N) is 2. The van der Waals surface area contributed by atoms with E-state index in [1.165, 1.54) is 12.0 Å². The molecule has 0 aromatic heterocycles. The lowest BCUT2D eigenvalue weighted by atomic mass is 10.1. The van der Waals surface area contributed by atoms with E-state index in [4.69, 9.17) is 4.74 Å². The maximum Gasteiger partial charge on any atom is 0.115 e. The van der Waals surface area contributed by atoms with Crippen molar-refractivity contribution in [1.82, 2.24) is 9.80 Å². The van der Waals surface area contributed by atoms with Crippen LogP contribution in [0.5, 0.6) is 5.75 Å². The second-order valence-corrected chi connectivity index (χ2v) is 5.50. The maximum atomic E-state index is 9.49. The summed E-state index contributed by atoms with van der Waals surface area (Å²) in [4.78, 5) is 5.02. The predicted molar refractivity (Wildman–Crippen MR) is 74.2 cm³/mol. The number of hydrogen-bond acceptors (Lipinski definition) is 4. The molecular formula is C15H22N2O2. The summed E-state index contributed by atoms with van der Waals surface area (Å²) in [6.07, 6.45) is 1.19. The molecule has 1 N–H and O–H groups in total. The SMILES string of the molecule is Oc1cccc(CN2CCN([C@H]3CCOC3)CC2)c1. The van der Waals surface area contributed by atoms with Gasteiger partial charge in [0.05, 0.1) is 6.61 Å². The summed E-state index contributed by atoms with van der Waals surface area (Å²) in [5, 5.41) is 9.49. The third-order valence-corrected chi connectivity index (χ3v) is 4.15. The van der Waals surface area contributed by atoms with E-state index in [1.807, 2.05) is 12.1 Å². The van der Waals surface area contributed by atoms with Crippen molar-refractivity contribution in [3.05, 3.63) is 29.8 Å². The topological polar surface area (TPSA) is 35.9 Å². The molecule has 104 valence electrons. The van der Waals surface area contributed by atoms with E-state index in [0.29, 0.717) is 11.8 Å². The fourth-order valence-electron chi connectivity index (χ4n) is 3.01. The molecule has 0 saturated carbocycles. The van der Waals surface area contributed by atoms with Crippen molar-refractivity contribution < 1.29 is 9.84 Å². The van der Waals surface area contributed by atoms with Crippen molar-refractivity contribution in [3.63, 3.8) is 0 Å². The van der Waals surface area contributed by atoms with Crippen LogP contribution in [0.1, 0.15) is 12.0 Å². The molecular weight excluding hydrogens is 240 g/mol. The monoisotopic (exact) mass is 262 g/mol. The number of phenols is 1. The Balaban J connectivity index is 1.50. The Morgan fingerprint density at radius 3 is 2.74 bits per heavy atom. The molecule has 0 unspecified atom stereocenters. The summed E-state index contributed by atoms with van der Waals surface area (Å²) < 4.78 is 5.46. The minimum Gasteiger partial charge on any atom is -0.508 e. The smallest absolute Gasteiger partial charge is 0.115 e. The van der Waals surface area contributed by atoms with Crippen molar-refractivity contribution in [2.75, 3.05) is 39.4 Å². The molecule has 0 spiro atoms. The van der Waals surface area contributed by atoms with Gasteiger partial charge in [0.15, 0.2) is 0 Å². The van der Waals surface area contributed by atoms with Crippen LogP contribution in [0.3, 0.4) is 0 Å². The standard InChI is InChI=1S/C15H22N2O2/c18-15-3-1-2-13(10-15)11-16-5-7-17(8-6-16)14-4-9-19-12-14/h1-3,10,14,18H,4-9,11-12H2/t14-/m0/s1. The van der Waals surface area contributed by atoms with Crippen LogP contribution in [0, 0.1) is 0 Å². The fraction of sp³-hybridized carbons (Fsp3) is 0.600. The zero-order chi connectivity index (χ0) is 13.1. The van der Waals surface area contributed by atoms with Gasteiger partial charge in [0.25, 0.3) is 0 Å². The van der Waals surface area contributed by atoms with Crippen LogP contribution in [0.25, 0.3) is 0 Å². The number of aromatic hydroxyl groups is 1. The van der Waals surface area contributed by atoms with Gasteiger partial charge in [-0.2, -0.15) is 0 Å². The molecule has 4 nitrogen and oxygen atoms in total. The lowest BCUT2D eigenvalue weighted by molar-refractivity contribution is 0.0814. The highest BCUT2D eigenvalue weighted by atomic mass is 16.5. The molecule has 2 fully saturated rings. The summed E-state index contributed by atoms with van der Waals surface area (Å²) in [6.45, 7) is 7.24. The molecule has 2 aliphatic rings. The van der Waals surface area contributed by atoms with Gasteiger partial charge in [-0.3, -0.25) is 9.80 Å². The van der Waals surface area contributed by atoms with Crippen LogP contribution >= 0.6 is 0 Å². The molecule has 0 aliphatic carbocycles. The molecule has 2 aliphatic heterocycles. The Hall–Kier alpha value is -1.10. The number of rotatable bonds is 3. The van der Waals surface area contributed by atoms with Gasteiger partial charge in [-0.05, 0) is 24.1 Å². The van der Waals surface area contributed by atoms with E-state index in [0.717, 1.165) is 45.9 Å². The second kappa shape index (κ2) is 5.90. The first kappa shape index (κ1) is 12.9. The summed E-state index contributed by atoms with van der Waals surface area (Å²) in [6, 6.07) is 8.22. The van der Waals surface area contributed by atoms with E-state index >= 15 is 0 Å². The van der Waals surface area contributed by atoms with Gasteiger partial charge in [-0.1, -0.05) is 12.1 Å². The molecule has 0 amide bonds. The van der Waals surface area contributed by atoms with Crippen molar-refractivity contribution >= 4 is 0 Å². The van der Waals surface area contributed by atoms with Crippen molar-refractivity contribution in [2.24, 2.45) is 0 Å². The van der Waals surface area contributed by atoms with E-state index in [9.17, 15) is 5.11 Å². The highest BCUT2D eigenvalue weighted by molar-refractivity contribution is 5.27. The van der Waals surface area contributed by atoms with Crippen LogP contribution in [-0.4, -0.2) is 60.3 Å². The minimum atomic E-state index is 0.360. The number of phenolic OH excluding ortho intramolecular Hbond substituents is 1. The Morgan fingerprint density at radius 2 is 2.05 bits per heavy atom. The van der Waals surface area contributed by atoms with Gasteiger partial charge in [-0.15, -0.1) is 0 Å². The fourth-order valence-corrected chi connectivity index (χ4v) is 3.01. The Morgan fingerprint density at radius 1 is 1.21 bits per heavy atom. The van der Waals surface area contributed by atoms with E-state index in [-0.39, 0.29) is 0 Å². The highest BCUT2D eigenvalue weighted by Crippen LogP contribution is 2.17. The molecule has 4 heteroatoms. The van der Waals surface area contributed by atoms with Crippen LogP contribution in [0.15, 0.2) is 24.3 Å². The number of hydrogen-bond donors (Lipinski definition) is 1. The first-order chi connectivity index (χ1) is 9.31. The molecule has 2 saturated heterocycles. The lowest BCUT2D eigenvalue weighted by Crippen LogP contribution is -2.50. The Kier molecular flexibility index (Phi) is 4.01. The average Bonchev–Trinajstić information content (AvgIpc) is 2.94. The molecule has 2 heterocycles. The minimum absolute atomic E-state index is 0.360. The van der Waals surface area contributed by atoms with Crippen LogP contribution in [-0.2, 0) is 11.3 Å². The number of ether oxygens (including phenoxy) is 1. The quantitative estimate of drug-likeness (QED) is 0.890. The zero-order valence-corrected chi connectivity index (χ0v) is 11.3. The number of benzene rings is 1. The van der Waals surface area contributed by atoms with Gasteiger partial charge in [0.1, 0.15) is 5.75 Å². The molecule has 1 aromatic rings. The molecule has 1 aromatic carbocycles. The third kappa shape index (κ3) is 3.26. The van der Waals surface area contributed by atoms with Crippen molar-refractivity contribution in [1.29, 1.82) is 0 Å². The molecule has 0 radical (unpaired) electrons. The average molecular weight is 262 g/mol. The van der Waals surface area contributed by atoms with E-state index in [2.05, 4.69) is 15.9 Å². The van der Waals surface area contributed by atoms with E-state index in [1.54, 1.807) is 6.07 Å². The highest BCUT2D eigenvalue weighted by Gasteiger charge is 2.26. The van der Waals surface area contributed by atoms with Crippen LogP contribution in [0.4, 0.5) is 0 Å². The largest absolute Gasteiger partial charge is 0.508 e. The van der Waals surface area contributed by atoms with Gasteiger partial charge in [-0.25, -0.2) is 0 Å². The first-order valence-corrected chi connectivity index (χ1v) is 7.13. The molecule has 1 atom stereocenters. The Labute approximate surface area is 114 Å². The normalized spacial score (nSPS) is 25.8. The summed E-state index contributed by atoms with van der Waals surface area (Å²) in [5.74, 6) is 0.360. The Bertz CT molecular complexity index is 410. The number of piperazine rings is 1. The van der Waals surface area contributed by atoms with Gasteiger partial charge in [0, 0.05) is 45.4 Å². The molecule has 0 bridgehead atoms. The lowest BCUT2D eigenvalue weighted by Gasteiger charge is -2.37. The predicted octanol–water partition coefficient (Wildman–Crippen LogP) is 1.30. The maximum absolute atomic E-state index is 9.49. The van der Waals surface area contributed by atoms with Crippen LogP contribution < -0.4 is 0 Å². The van der Waals surface area contributed by atoms with Gasteiger partial charge < -0.3 is 9.84 Å². The molecule has 3 rings (SSSR count). The van der Waals surface area contributed by atoms with Gasteiger partial charge in [0.2, 0.25) is 0 Å². The first-order valence-electron chi connectivity index (χ1n) is 7.13. The van der Waals surface area contributed by atoms with Gasteiger partial charge >= 0.3 is 0 Å². The van der Waals surface area contributed by atoms with Crippen molar-refractivity contribution in [3.8, 4) is 5.75 Å². The second-order valence-electron chi connectivity index (χ2n) is 5.50. The zero-order valence-electron chi connectivity index (χ0n) is 11.3.